The first-order valence-electron chi connectivity index (χ1n) is 6.66. The van der Waals surface area contributed by atoms with Crippen LogP contribution >= 0.6 is 0 Å². The maximum atomic E-state index is 12.0. The smallest absolute Gasteiger partial charge is 0.257 e. The monoisotopic (exact) mass is 272 g/mol. The topological polar surface area (TPSA) is 84.7 Å². The van der Waals surface area contributed by atoms with E-state index in [1.54, 1.807) is 12.3 Å². The van der Waals surface area contributed by atoms with Crippen molar-refractivity contribution >= 4 is 11.6 Å². The summed E-state index contributed by atoms with van der Waals surface area (Å²) in [4.78, 5) is 12.0. The highest BCUT2D eigenvalue weighted by Gasteiger charge is 2.16. The minimum Gasteiger partial charge on any atom is -0.319 e. The second-order valence-corrected chi connectivity index (χ2v) is 4.78. The largest absolute Gasteiger partial charge is 0.319 e. The van der Waals surface area contributed by atoms with Gasteiger partial charge in [0, 0.05) is 6.20 Å². The van der Waals surface area contributed by atoms with Crippen LogP contribution in [-0.2, 0) is 0 Å². The molecule has 7 nitrogen and oxygen atoms in total. The Kier molecular flexibility index (Phi) is 3.69. The number of piperidine rings is 1. The number of amides is 1. The van der Waals surface area contributed by atoms with Crippen LogP contribution in [0.25, 0.3) is 0 Å². The molecule has 1 fully saturated rings. The minimum absolute atomic E-state index is 0.204. The molecule has 104 valence electrons. The van der Waals surface area contributed by atoms with E-state index < -0.39 is 0 Å². The Labute approximate surface area is 116 Å². The zero-order valence-electron chi connectivity index (χ0n) is 11.0. The van der Waals surface area contributed by atoms with E-state index in [0.29, 0.717) is 17.3 Å². The number of nitrogens with zero attached hydrogens (tertiary/aromatic N) is 4. The third kappa shape index (κ3) is 2.83. The molecule has 1 aliphatic heterocycles. The second-order valence-electron chi connectivity index (χ2n) is 4.78. The highest BCUT2D eigenvalue weighted by Crippen LogP contribution is 2.19. The fourth-order valence-electron chi connectivity index (χ4n) is 2.30. The van der Waals surface area contributed by atoms with Gasteiger partial charge in [0.05, 0.1) is 35.9 Å². The van der Waals surface area contributed by atoms with E-state index in [9.17, 15) is 4.79 Å². The first kappa shape index (κ1) is 12.7. The van der Waals surface area contributed by atoms with Crippen LogP contribution in [0.5, 0.6) is 0 Å². The zero-order valence-corrected chi connectivity index (χ0v) is 11.0. The number of carbonyl (C=O) groups excluding carboxylic acids is 1. The number of aromatic nitrogens is 4. The van der Waals surface area contributed by atoms with Crippen LogP contribution in [0.2, 0.25) is 0 Å². The molecule has 0 aromatic carbocycles. The SMILES string of the molecule is O=C(Nc1cnn(C2CCNCC2)c1)c1ccnnc1. The molecule has 3 rings (SSSR count). The summed E-state index contributed by atoms with van der Waals surface area (Å²) in [5.41, 5.74) is 1.18. The molecule has 3 heterocycles. The molecule has 2 aromatic rings. The molecule has 0 bridgehead atoms. The van der Waals surface area contributed by atoms with Gasteiger partial charge in [-0.15, -0.1) is 0 Å². The molecule has 1 amide bonds. The Morgan fingerprint density at radius 2 is 2.15 bits per heavy atom. The van der Waals surface area contributed by atoms with Gasteiger partial charge < -0.3 is 10.6 Å². The number of hydrogen-bond acceptors (Lipinski definition) is 5. The molecule has 7 heteroatoms. The minimum atomic E-state index is -0.204. The lowest BCUT2D eigenvalue weighted by Gasteiger charge is -2.22. The Morgan fingerprint density at radius 3 is 2.90 bits per heavy atom. The third-order valence-electron chi connectivity index (χ3n) is 3.39. The van der Waals surface area contributed by atoms with E-state index in [2.05, 4.69) is 25.9 Å². The molecule has 2 aromatic heterocycles. The average Bonchev–Trinajstić information content (AvgIpc) is 2.97. The van der Waals surface area contributed by atoms with Crippen LogP contribution in [0.15, 0.2) is 30.9 Å². The van der Waals surface area contributed by atoms with Gasteiger partial charge in [-0.25, -0.2) is 0 Å². The van der Waals surface area contributed by atoms with Gasteiger partial charge in [-0.05, 0) is 32.0 Å². The van der Waals surface area contributed by atoms with Gasteiger partial charge >= 0.3 is 0 Å². The van der Waals surface area contributed by atoms with Crippen molar-refractivity contribution in [2.75, 3.05) is 18.4 Å². The van der Waals surface area contributed by atoms with E-state index in [4.69, 9.17) is 0 Å². The number of rotatable bonds is 3. The van der Waals surface area contributed by atoms with Crippen molar-refractivity contribution in [2.45, 2.75) is 18.9 Å². The van der Waals surface area contributed by atoms with Gasteiger partial charge in [-0.1, -0.05) is 0 Å². The third-order valence-corrected chi connectivity index (χ3v) is 3.39. The molecule has 20 heavy (non-hydrogen) atoms. The lowest BCUT2D eigenvalue weighted by atomic mass is 10.1. The zero-order chi connectivity index (χ0) is 13.8. The maximum absolute atomic E-state index is 12.0. The van der Waals surface area contributed by atoms with Gasteiger partial charge in [-0.2, -0.15) is 15.3 Å². The van der Waals surface area contributed by atoms with Crippen LogP contribution in [-0.4, -0.2) is 39.0 Å². The summed E-state index contributed by atoms with van der Waals surface area (Å²) in [6.07, 6.45) is 8.60. The van der Waals surface area contributed by atoms with Crippen molar-refractivity contribution in [1.82, 2.24) is 25.3 Å². The molecular formula is C13H16N6O. The predicted molar refractivity (Wildman–Crippen MR) is 73.4 cm³/mol. The fraction of sp³-hybridized carbons (Fsp3) is 0.385. The van der Waals surface area contributed by atoms with Gasteiger partial charge in [0.2, 0.25) is 0 Å². The first-order chi connectivity index (χ1) is 9.83. The van der Waals surface area contributed by atoms with Crippen LogP contribution < -0.4 is 10.6 Å². The molecule has 0 atom stereocenters. The number of nitrogens with one attached hydrogen (secondary N) is 2. The van der Waals surface area contributed by atoms with Crippen molar-refractivity contribution in [2.24, 2.45) is 0 Å². The lowest BCUT2D eigenvalue weighted by Crippen LogP contribution is -2.29. The van der Waals surface area contributed by atoms with Crippen LogP contribution in [0.3, 0.4) is 0 Å². The standard InChI is InChI=1S/C13H16N6O/c20-13(10-1-6-15-16-7-10)18-11-8-17-19(9-11)12-2-4-14-5-3-12/h1,6-9,12,14H,2-5H2,(H,18,20). The fourth-order valence-corrected chi connectivity index (χ4v) is 2.30. The quantitative estimate of drug-likeness (QED) is 0.865. The molecule has 2 N–H and O–H groups in total. The van der Waals surface area contributed by atoms with E-state index in [1.807, 2.05) is 10.9 Å². The molecule has 0 radical (unpaired) electrons. The molecular weight excluding hydrogens is 256 g/mol. The van der Waals surface area contributed by atoms with Crippen molar-refractivity contribution < 1.29 is 4.79 Å². The maximum Gasteiger partial charge on any atom is 0.257 e. The predicted octanol–water partition coefficient (Wildman–Crippen LogP) is 0.850. The highest BCUT2D eigenvalue weighted by molar-refractivity contribution is 6.03. The number of carbonyl (C=O) groups is 1. The molecule has 1 saturated heterocycles. The molecule has 1 aliphatic rings. The Balaban J connectivity index is 1.66. The van der Waals surface area contributed by atoms with Gasteiger partial charge in [0.1, 0.15) is 0 Å². The molecule has 0 unspecified atom stereocenters. The molecule has 0 saturated carbocycles. The summed E-state index contributed by atoms with van der Waals surface area (Å²) >= 11 is 0. The lowest BCUT2D eigenvalue weighted by molar-refractivity contribution is 0.102. The van der Waals surface area contributed by atoms with Crippen molar-refractivity contribution in [3.05, 3.63) is 36.4 Å². The highest BCUT2D eigenvalue weighted by atomic mass is 16.1. The first-order valence-corrected chi connectivity index (χ1v) is 6.66. The molecule has 0 spiro atoms. The summed E-state index contributed by atoms with van der Waals surface area (Å²) in [5, 5.41) is 17.8. The Hall–Kier alpha value is -2.28. The summed E-state index contributed by atoms with van der Waals surface area (Å²) in [7, 11) is 0. The van der Waals surface area contributed by atoms with Crippen molar-refractivity contribution in [3.8, 4) is 0 Å². The Morgan fingerprint density at radius 1 is 1.30 bits per heavy atom. The summed E-state index contributed by atoms with van der Waals surface area (Å²) < 4.78 is 1.93. The van der Waals surface area contributed by atoms with Gasteiger partial charge in [0.15, 0.2) is 0 Å². The Bertz CT molecular complexity index is 576. The summed E-state index contributed by atoms with van der Waals surface area (Å²) in [6, 6.07) is 2.03. The van der Waals surface area contributed by atoms with Crippen molar-refractivity contribution in [1.29, 1.82) is 0 Å². The normalized spacial score (nSPS) is 16.0. The van der Waals surface area contributed by atoms with Gasteiger partial charge in [-0.3, -0.25) is 9.48 Å². The number of hydrogen-bond donors (Lipinski definition) is 2. The van der Waals surface area contributed by atoms with E-state index in [1.165, 1.54) is 12.4 Å². The number of anilines is 1. The average molecular weight is 272 g/mol. The van der Waals surface area contributed by atoms with E-state index >= 15 is 0 Å². The van der Waals surface area contributed by atoms with Crippen LogP contribution in [0.4, 0.5) is 5.69 Å². The van der Waals surface area contributed by atoms with E-state index in [0.717, 1.165) is 25.9 Å². The van der Waals surface area contributed by atoms with Crippen LogP contribution in [0.1, 0.15) is 29.2 Å². The van der Waals surface area contributed by atoms with E-state index in [-0.39, 0.29) is 5.91 Å². The van der Waals surface area contributed by atoms with Crippen LogP contribution in [0, 0.1) is 0 Å². The molecule has 0 aliphatic carbocycles. The summed E-state index contributed by atoms with van der Waals surface area (Å²) in [6.45, 7) is 2.02. The summed E-state index contributed by atoms with van der Waals surface area (Å²) in [5.74, 6) is -0.204. The van der Waals surface area contributed by atoms with Crippen molar-refractivity contribution in [3.63, 3.8) is 0 Å². The second kappa shape index (κ2) is 5.79. The van der Waals surface area contributed by atoms with Gasteiger partial charge in [0.25, 0.3) is 5.91 Å².